The van der Waals surface area contributed by atoms with Crippen molar-refractivity contribution in [2.24, 2.45) is 0 Å². The molecule has 0 aliphatic rings. The van der Waals surface area contributed by atoms with E-state index in [0.717, 1.165) is 24.3 Å². The first kappa shape index (κ1) is 23.8. The van der Waals surface area contributed by atoms with Crippen molar-refractivity contribution in [1.82, 2.24) is 4.57 Å². The van der Waals surface area contributed by atoms with E-state index in [1.165, 1.54) is 6.92 Å². The highest BCUT2D eigenvalue weighted by molar-refractivity contribution is 7.88. The summed E-state index contributed by atoms with van der Waals surface area (Å²) >= 11 is 5.77. The molecule has 0 atom stereocenters. The Morgan fingerprint density at radius 1 is 1.13 bits per heavy atom. The van der Waals surface area contributed by atoms with Gasteiger partial charge in [-0.05, 0) is 36.8 Å². The topological polar surface area (TPSA) is 81.3 Å². The van der Waals surface area contributed by atoms with Crippen LogP contribution in [0.4, 0.5) is 26.3 Å². The number of benzene rings is 1. The Kier molecular flexibility index (Phi) is 6.65. The number of halogens is 7. The van der Waals surface area contributed by atoms with E-state index in [4.69, 9.17) is 16.3 Å². The molecule has 1 aromatic carbocycles. The van der Waals surface area contributed by atoms with Crippen LogP contribution in [0, 0.1) is 11.3 Å². The number of hydrogen-bond acceptors (Lipinski definition) is 5. The van der Waals surface area contributed by atoms with Crippen LogP contribution in [0.15, 0.2) is 24.3 Å². The lowest BCUT2D eigenvalue weighted by atomic mass is 10.1. The van der Waals surface area contributed by atoms with Crippen LogP contribution < -0.4 is 4.18 Å². The van der Waals surface area contributed by atoms with Gasteiger partial charge in [0.05, 0.1) is 16.3 Å². The summed E-state index contributed by atoms with van der Waals surface area (Å²) in [6, 6.07) is 5.11. The first-order chi connectivity index (χ1) is 13.7. The number of aromatic nitrogens is 1. The molecule has 14 heteroatoms. The van der Waals surface area contributed by atoms with E-state index in [-0.39, 0.29) is 17.9 Å². The smallest absolute Gasteiger partial charge is 0.376 e. The largest absolute Gasteiger partial charge is 0.534 e. The summed E-state index contributed by atoms with van der Waals surface area (Å²) in [7, 11) is -5.93. The van der Waals surface area contributed by atoms with Crippen molar-refractivity contribution < 1.29 is 43.7 Å². The summed E-state index contributed by atoms with van der Waals surface area (Å²) in [4.78, 5) is 0. The number of nitrogens with zero attached hydrogens (tertiary/aromatic N) is 2. The van der Waals surface area contributed by atoms with E-state index in [0.29, 0.717) is 4.57 Å². The summed E-state index contributed by atoms with van der Waals surface area (Å²) in [5.74, 6) is -0.736. The molecule has 0 amide bonds. The van der Waals surface area contributed by atoms with Crippen LogP contribution in [0.25, 0.3) is 11.3 Å². The molecule has 0 N–H and O–H groups in total. The van der Waals surface area contributed by atoms with Crippen molar-refractivity contribution in [3.8, 4) is 23.1 Å². The lowest BCUT2D eigenvalue weighted by Crippen LogP contribution is -2.28. The van der Waals surface area contributed by atoms with Gasteiger partial charge in [0.25, 0.3) is 0 Å². The molecule has 1 aromatic heterocycles. The van der Waals surface area contributed by atoms with Gasteiger partial charge >= 0.3 is 21.8 Å². The third-order valence-corrected chi connectivity index (χ3v) is 4.97. The lowest BCUT2D eigenvalue weighted by molar-refractivity contribution is -0.145. The van der Waals surface area contributed by atoms with Gasteiger partial charge in [-0.25, -0.2) is 0 Å². The second-order valence-electron chi connectivity index (χ2n) is 5.55. The predicted octanol–water partition coefficient (Wildman–Crippen LogP) is 4.92. The molecule has 0 fully saturated rings. The molecule has 0 saturated heterocycles. The second kappa shape index (κ2) is 8.37. The van der Waals surface area contributed by atoms with Gasteiger partial charge < -0.3 is 13.5 Å². The normalized spacial score (nSPS) is 12.6. The Bertz CT molecular complexity index is 1070. The summed E-state index contributed by atoms with van der Waals surface area (Å²) in [5.41, 5.74) is -7.93. The van der Waals surface area contributed by atoms with E-state index in [1.54, 1.807) is 6.07 Å². The zero-order chi connectivity index (χ0) is 22.9. The molecule has 0 bridgehead atoms. The van der Waals surface area contributed by atoms with Crippen LogP contribution in [-0.4, -0.2) is 25.1 Å². The lowest BCUT2D eigenvalue weighted by Gasteiger charge is -2.16. The third-order valence-electron chi connectivity index (χ3n) is 3.63. The first-order valence-corrected chi connectivity index (χ1v) is 9.61. The molecular weight excluding hydrogens is 466 g/mol. The van der Waals surface area contributed by atoms with E-state index >= 15 is 0 Å². The maximum Gasteiger partial charge on any atom is 0.534 e. The van der Waals surface area contributed by atoms with Gasteiger partial charge in [-0.2, -0.15) is 40.0 Å². The van der Waals surface area contributed by atoms with Crippen molar-refractivity contribution >= 4 is 21.7 Å². The molecule has 0 aliphatic carbocycles. The van der Waals surface area contributed by atoms with Crippen molar-refractivity contribution in [1.29, 1.82) is 5.26 Å². The van der Waals surface area contributed by atoms with Gasteiger partial charge in [0.1, 0.15) is 24.2 Å². The summed E-state index contributed by atoms with van der Waals surface area (Å²) in [6.07, 6.45) is -4.94. The van der Waals surface area contributed by atoms with Crippen molar-refractivity contribution in [2.45, 2.75) is 25.3 Å². The van der Waals surface area contributed by atoms with Gasteiger partial charge in [-0.1, -0.05) is 11.6 Å². The van der Waals surface area contributed by atoms with Crippen molar-refractivity contribution in [3.05, 3.63) is 40.5 Å². The van der Waals surface area contributed by atoms with E-state index in [2.05, 4.69) is 4.18 Å². The number of alkyl halides is 6. The Labute approximate surface area is 171 Å². The molecule has 30 heavy (non-hydrogen) atoms. The van der Waals surface area contributed by atoms with Crippen LogP contribution in [0.1, 0.15) is 18.2 Å². The monoisotopic (exact) mass is 476 g/mol. The van der Waals surface area contributed by atoms with Gasteiger partial charge in [0.2, 0.25) is 0 Å². The Morgan fingerprint density at radius 2 is 1.70 bits per heavy atom. The number of hydrogen-bond donors (Lipinski definition) is 0. The number of nitriles is 1. The molecule has 2 rings (SSSR count). The van der Waals surface area contributed by atoms with Crippen LogP contribution >= 0.6 is 11.6 Å². The summed E-state index contributed by atoms with van der Waals surface area (Å²) in [5, 5.41) is 8.43. The molecular formula is C16H11ClF6N2O4S. The highest BCUT2D eigenvalue weighted by Crippen LogP contribution is 2.43. The standard InChI is InChI=1S/C16H11ClF6N2O4S/c1-2-28-8-25-13(11(7-24)12(17)14(25)15(18,19)20)9-3-5-10(6-4-9)29-30(26,27)16(21,22)23/h3-6H,2,8H2,1H3. The zero-order valence-corrected chi connectivity index (χ0v) is 16.4. The fourth-order valence-electron chi connectivity index (χ4n) is 2.42. The third kappa shape index (κ3) is 4.66. The Balaban J connectivity index is 2.60. The van der Waals surface area contributed by atoms with Crippen molar-refractivity contribution in [2.75, 3.05) is 6.61 Å². The average Bonchev–Trinajstić information content (AvgIpc) is 2.90. The van der Waals surface area contributed by atoms with Crippen LogP contribution in [-0.2, 0) is 27.8 Å². The van der Waals surface area contributed by atoms with Gasteiger partial charge in [-0.15, -0.1) is 0 Å². The molecule has 164 valence electrons. The van der Waals surface area contributed by atoms with Gasteiger partial charge in [-0.3, -0.25) is 0 Å². The average molecular weight is 477 g/mol. The Morgan fingerprint density at radius 3 is 2.13 bits per heavy atom. The highest BCUT2D eigenvalue weighted by atomic mass is 35.5. The summed E-state index contributed by atoms with van der Waals surface area (Å²) < 4.78 is 109. The summed E-state index contributed by atoms with van der Waals surface area (Å²) in [6.45, 7) is 0.940. The van der Waals surface area contributed by atoms with E-state index in [1.807, 2.05) is 0 Å². The van der Waals surface area contributed by atoms with Gasteiger partial charge in [0.15, 0.2) is 0 Å². The quantitative estimate of drug-likeness (QED) is 0.336. The SMILES string of the molecule is CCOCn1c(-c2ccc(OS(=O)(=O)C(F)(F)F)cc2)c(C#N)c(Cl)c1C(F)(F)F. The second-order valence-corrected chi connectivity index (χ2v) is 7.47. The van der Waals surface area contributed by atoms with E-state index in [9.17, 15) is 40.0 Å². The van der Waals surface area contributed by atoms with Crippen LogP contribution in [0.3, 0.4) is 0 Å². The molecule has 0 aliphatic heterocycles. The molecule has 0 saturated carbocycles. The predicted molar refractivity (Wildman–Crippen MR) is 91.8 cm³/mol. The Hall–Kier alpha value is -2.43. The molecule has 0 unspecified atom stereocenters. The van der Waals surface area contributed by atoms with Crippen LogP contribution in [0.2, 0.25) is 5.02 Å². The fourth-order valence-corrected chi connectivity index (χ4v) is 3.22. The molecule has 0 radical (unpaired) electrons. The van der Waals surface area contributed by atoms with Crippen LogP contribution in [0.5, 0.6) is 5.75 Å². The number of ether oxygens (including phenoxy) is 1. The maximum atomic E-state index is 13.5. The van der Waals surface area contributed by atoms with Crippen molar-refractivity contribution in [3.63, 3.8) is 0 Å². The molecule has 2 aromatic rings. The minimum Gasteiger partial charge on any atom is -0.376 e. The molecule has 1 heterocycles. The van der Waals surface area contributed by atoms with Gasteiger partial charge in [0, 0.05) is 6.61 Å². The first-order valence-electron chi connectivity index (χ1n) is 7.82. The molecule has 0 spiro atoms. The minimum absolute atomic E-state index is 0.0382. The molecule has 6 nitrogen and oxygen atoms in total. The zero-order valence-electron chi connectivity index (χ0n) is 14.8. The van der Waals surface area contributed by atoms with E-state index < -0.39 is 50.6 Å². The minimum atomic E-state index is -5.93. The highest BCUT2D eigenvalue weighted by Gasteiger charge is 2.48. The maximum absolute atomic E-state index is 13.5. The fraction of sp³-hybridized carbons (Fsp3) is 0.312. The number of rotatable bonds is 6.